The SMILES string of the molecule is CCCC1NNC(N)C1c1ccc(OC)cc1. The van der Waals surface area contributed by atoms with Crippen LogP contribution in [0.2, 0.25) is 0 Å². The number of methoxy groups -OCH3 is 1. The van der Waals surface area contributed by atoms with Gasteiger partial charge in [-0.15, -0.1) is 0 Å². The molecule has 1 aromatic rings. The summed E-state index contributed by atoms with van der Waals surface area (Å²) in [5.74, 6) is 1.20. The highest BCUT2D eigenvalue weighted by atomic mass is 16.5. The highest BCUT2D eigenvalue weighted by Gasteiger charge is 2.33. The molecule has 17 heavy (non-hydrogen) atoms. The van der Waals surface area contributed by atoms with Crippen LogP contribution in [0.15, 0.2) is 24.3 Å². The van der Waals surface area contributed by atoms with Gasteiger partial charge in [-0.3, -0.25) is 5.43 Å². The maximum atomic E-state index is 6.10. The minimum Gasteiger partial charge on any atom is -0.497 e. The van der Waals surface area contributed by atoms with Gasteiger partial charge in [-0.2, -0.15) is 0 Å². The van der Waals surface area contributed by atoms with Crippen LogP contribution in [0.3, 0.4) is 0 Å². The van der Waals surface area contributed by atoms with Crippen LogP contribution < -0.4 is 21.3 Å². The van der Waals surface area contributed by atoms with E-state index in [1.165, 1.54) is 5.56 Å². The van der Waals surface area contributed by atoms with Crippen LogP contribution in [0.4, 0.5) is 0 Å². The second-order valence-electron chi connectivity index (χ2n) is 4.51. The van der Waals surface area contributed by atoms with E-state index < -0.39 is 0 Å². The third-order valence-electron chi connectivity index (χ3n) is 3.36. The predicted molar refractivity (Wildman–Crippen MR) is 68.7 cm³/mol. The van der Waals surface area contributed by atoms with Gasteiger partial charge in [0, 0.05) is 12.0 Å². The fraction of sp³-hybridized carbons (Fsp3) is 0.538. The topological polar surface area (TPSA) is 59.3 Å². The van der Waals surface area contributed by atoms with Crippen molar-refractivity contribution < 1.29 is 4.74 Å². The molecule has 3 unspecified atom stereocenters. The lowest BCUT2D eigenvalue weighted by atomic mass is 9.88. The van der Waals surface area contributed by atoms with Crippen molar-refractivity contribution >= 4 is 0 Å². The van der Waals surface area contributed by atoms with Gasteiger partial charge >= 0.3 is 0 Å². The molecule has 0 saturated carbocycles. The standard InChI is InChI=1S/C13H21N3O/c1-3-4-11-12(13(14)16-15-11)9-5-7-10(17-2)8-6-9/h5-8,11-13,15-16H,3-4,14H2,1-2H3. The Balaban J connectivity index is 2.17. The highest BCUT2D eigenvalue weighted by molar-refractivity contribution is 5.31. The molecule has 0 spiro atoms. The number of hydrogen-bond donors (Lipinski definition) is 3. The lowest BCUT2D eigenvalue weighted by molar-refractivity contribution is 0.414. The summed E-state index contributed by atoms with van der Waals surface area (Å²) in [6.07, 6.45) is 2.25. The van der Waals surface area contributed by atoms with Gasteiger partial charge in [0.1, 0.15) is 5.75 Å². The van der Waals surface area contributed by atoms with Gasteiger partial charge in [-0.25, -0.2) is 5.43 Å². The number of hydrazine groups is 1. The van der Waals surface area contributed by atoms with Crippen LogP contribution in [-0.2, 0) is 0 Å². The molecule has 1 heterocycles. The maximum Gasteiger partial charge on any atom is 0.118 e. The highest BCUT2D eigenvalue weighted by Crippen LogP contribution is 2.28. The first kappa shape index (κ1) is 12.4. The molecule has 1 aromatic carbocycles. The molecule has 1 aliphatic rings. The first-order chi connectivity index (χ1) is 8.26. The van der Waals surface area contributed by atoms with Gasteiger partial charge in [0.15, 0.2) is 0 Å². The van der Waals surface area contributed by atoms with Crippen LogP contribution in [0.1, 0.15) is 31.2 Å². The molecule has 2 rings (SSSR count). The quantitative estimate of drug-likeness (QED) is 0.737. The van der Waals surface area contributed by atoms with Gasteiger partial charge in [0.2, 0.25) is 0 Å². The molecule has 4 heteroatoms. The second kappa shape index (κ2) is 5.49. The van der Waals surface area contributed by atoms with Crippen LogP contribution in [0.25, 0.3) is 0 Å². The Morgan fingerprint density at radius 2 is 1.94 bits per heavy atom. The molecule has 94 valence electrons. The first-order valence-electron chi connectivity index (χ1n) is 6.17. The van der Waals surface area contributed by atoms with Crippen molar-refractivity contribution in [2.75, 3.05) is 7.11 Å². The molecule has 1 saturated heterocycles. The van der Waals surface area contributed by atoms with E-state index >= 15 is 0 Å². The zero-order chi connectivity index (χ0) is 12.3. The Morgan fingerprint density at radius 3 is 2.53 bits per heavy atom. The lowest BCUT2D eigenvalue weighted by Gasteiger charge is -2.21. The van der Waals surface area contributed by atoms with Crippen LogP contribution in [0.5, 0.6) is 5.75 Å². The van der Waals surface area contributed by atoms with Crippen LogP contribution >= 0.6 is 0 Å². The zero-order valence-corrected chi connectivity index (χ0v) is 10.4. The molecule has 1 aliphatic heterocycles. The maximum absolute atomic E-state index is 6.10. The van der Waals surface area contributed by atoms with E-state index in [1.54, 1.807) is 7.11 Å². The number of hydrogen-bond acceptors (Lipinski definition) is 4. The van der Waals surface area contributed by atoms with Gasteiger partial charge < -0.3 is 10.5 Å². The Kier molecular flexibility index (Phi) is 3.99. The summed E-state index contributed by atoms with van der Waals surface area (Å²) in [7, 11) is 1.68. The van der Waals surface area contributed by atoms with Crippen molar-refractivity contribution in [1.82, 2.24) is 10.9 Å². The van der Waals surface area contributed by atoms with Crippen LogP contribution in [0, 0.1) is 0 Å². The average Bonchev–Trinajstić information content (AvgIpc) is 2.71. The number of rotatable bonds is 4. The Bertz CT molecular complexity index is 350. The van der Waals surface area contributed by atoms with Gasteiger partial charge in [0.05, 0.1) is 13.3 Å². The van der Waals surface area contributed by atoms with E-state index in [1.807, 2.05) is 12.1 Å². The third kappa shape index (κ3) is 2.60. The van der Waals surface area contributed by atoms with Gasteiger partial charge in [-0.1, -0.05) is 25.5 Å². The van der Waals surface area contributed by atoms with E-state index in [0.717, 1.165) is 18.6 Å². The van der Waals surface area contributed by atoms with E-state index in [4.69, 9.17) is 10.5 Å². The summed E-state index contributed by atoms with van der Waals surface area (Å²) in [5, 5.41) is 0. The number of benzene rings is 1. The van der Waals surface area contributed by atoms with E-state index in [9.17, 15) is 0 Å². The van der Waals surface area contributed by atoms with Crippen molar-refractivity contribution in [2.45, 2.75) is 37.9 Å². The molecular formula is C13H21N3O. The van der Waals surface area contributed by atoms with E-state index in [2.05, 4.69) is 29.9 Å². The molecular weight excluding hydrogens is 214 g/mol. The van der Waals surface area contributed by atoms with Crippen molar-refractivity contribution in [3.05, 3.63) is 29.8 Å². The molecule has 3 atom stereocenters. The molecule has 0 amide bonds. The summed E-state index contributed by atoms with van der Waals surface area (Å²) in [4.78, 5) is 0. The molecule has 4 N–H and O–H groups in total. The normalized spacial score (nSPS) is 28.3. The average molecular weight is 235 g/mol. The molecule has 0 radical (unpaired) electrons. The zero-order valence-electron chi connectivity index (χ0n) is 10.4. The van der Waals surface area contributed by atoms with Gasteiger partial charge in [-0.05, 0) is 24.1 Å². The number of ether oxygens (including phenoxy) is 1. The Labute approximate surface area is 103 Å². The summed E-state index contributed by atoms with van der Waals surface area (Å²) < 4.78 is 5.17. The summed E-state index contributed by atoms with van der Waals surface area (Å²) in [5.41, 5.74) is 13.8. The number of nitrogens with one attached hydrogen (secondary N) is 2. The van der Waals surface area contributed by atoms with Crippen molar-refractivity contribution in [1.29, 1.82) is 0 Å². The molecule has 0 aliphatic carbocycles. The Hall–Kier alpha value is -1.10. The van der Waals surface area contributed by atoms with Crippen molar-refractivity contribution in [2.24, 2.45) is 5.73 Å². The first-order valence-corrected chi connectivity index (χ1v) is 6.17. The largest absolute Gasteiger partial charge is 0.497 e. The monoisotopic (exact) mass is 235 g/mol. The summed E-state index contributed by atoms with van der Waals surface area (Å²) in [6.45, 7) is 2.19. The second-order valence-corrected chi connectivity index (χ2v) is 4.51. The van der Waals surface area contributed by atoms with Crippen molar-refractivity contribution in [3.63, 3.8) is 0 Å². The smallest absolute Gasteiger partial charge is 0.118 e. The lowest BCUT2D eigenvalue weighted by Crippen LogP contribution is -2.38. The van der Waals surface area contributed by atoms with Gasteiger partial charge in [0.25, 0.3) is 0 Å². The minimum atomic E-state index is -0.0278. The Morgan fingerprint density at radius 1 is 1.24 bits per heavy atom. The van der Waals surface area contributed by atoms with E-state index in [-0.39, 0.29) is 6.17 Å². The number of nitrogens with two attached hydrogens (primary N) is 1. The van der Waals surface area contributed by atoms with E-state index in [0.29, 0.717) is 12.0 Å². The molecule has 4 nitrogen and oxygen atoms in total. The summed E-state index contributed by atoms with van der Waals surface area (Å²) >= 11 is 0. The summed E-state index contributed by atoms with van der Waals surface area (Å²) in [6, 6.07) is 8.58. The predicted octanol–water partition coefficient (Wildman–Crippen LogP) is 1.34. The minimum absolute atomic E-state index is 0.0278. The molecule has 1 fully saturated rings. The van der Waals surface area contributed by atoms with Crippen molar-refractivity contribution in [3.8, 4) is 5.75 Å². The van der Waals surface area contributed by atoms with Crippen LogP contribution in [-0.4, -0.2) is 19.3 Å². The molecule has 0 bridgehead atoms. The molecule has 0 aromatic heterocycles. The fourth-order valence-corrected chi connectivity index (χ4v) is 2.46. The third-order valence-corrected chi connectivity index (χ3v) is 3.36. The fourth-order valence-electron chi connectivity index (χ4n) is 2.46.